The fourth-order valence-electron chi connectivity index (χ4n) is 2.53. The van der Waals surface area contributed by atoms with E-state index in [2.05, 4.69) is 14.9 Å². The summed E-state index contributed by atoms with van der Waals surface area (Å²) < 4.78 is 30.5. The van der Waals surface area contributed by atoms with Gasteiger partial charge < -0.3 is 10.2 Å². The molecule has 0 radical (unpaired) electrons. The molecule has 1 amide bonds. The molecule has 116 valence electrons. The van der Waals surface area contributed by atoms with Crippen LogP contribution in [0.1, 0.15) is 21.8 Å². The van der Waals surface area contributed by atoms with Crippen molar-refractivity contribution in [1.82, 2.24) is 14.9 Å². The van der Waals surface area contributed by atoms with Crippen molar-refractivity contribution in [1.29, 1.82) is 0 Å². The number of hydrogen-bond acceptors (Lipinski definition) is 5. The van der Waals surface area contributed by atoms with Crippen LogP contribution >= 0.6 is 11.5 Å². The topological polar surface area (TPSA) is 58.1 Å². The lowest BCUT2D eigenvalue weighted by Gasteiger charge is -2.19. The van der Waals surface area contributed by atoms with Crippen molar-refractivity contribution in [3.05, 3.63) is 40.4 Å². The molecule has 1 aliphatic heterocycles. The number of carbonyl (C=O) groups excluding carboxylic acids is 1. The summed E-state index contributed by atoms with van der Waals surface area (Å²) >= 11 is 1.05. The number of aromatic nitrogens is 2. The fourth-order valence-corrected chi connectivity index (χ4v) is 3.08. The summed E-state index contributed by atoms with van der Waals surface area (Å²) in [6, 6.07) is 3.44. The molecule has 0 aliphatic carbocycles. The van der Waals surface area contributed by atoms with Gasteiger partial charge in [0.05, 0.1) is 11.4 Å². The lowest BCUT2D eigenvalue weighted by atomic mass is 10.2. The van der Waals surface area contributed by atoms with Crippen molar-refractivity contribution in [2.24, 2.45) is 0 Å². The van der Waals surface area contributed by atoms with E-state index in [9.17, 15) is 13.6 Å². The van der Waals surface area contributed by atoms with Crippen LogP contribution in [0.2, 0.25) is 0 Å². The van der Waals surface area contributed by atoms with Crippen molar-refractivity contribution in [3.8, 4) is 0 Å². The van der Waals surface area contributed by atoms with Gasteiger partial charge in [-0.3, -0.25) is 4.79 Å². The summed E-state index contributed by atoms with van der Waals surface area (Å²) in [5, 5.41) is 6.71. The Morgan fingerprint density at radius 3 is 2.95 bits per heavy atom. The third-order valence-corrected chi connectivity index (χ3v) is 4.46. The SMILES string of the molecule is Cc1nnsc1C(=O)N[C@H]1CCN(c2ccc(F)cc2F)C1. The highest BCUT2D eigenvalue weighted by Gasteiger charge is 2.27. The summed E-state index contributed by atoms with van der Waals surface area (Å²) in [5.74, 6) is -1.40. The van der Waals surface area contributed by atoms with Crippen LogP contribution in [0, 0.1) is 18.6 Å². The number of amides is 1. The first kappa shape index (κ1) is 14.8. The smallest absolute Gasteiger partial charge is 0.265 e. The van der Waals surface area contributed by atoms with Gasteiger partial charge in [-0.15, -0.1) is 5.10 Å². The molecule has 2 heterocycles. The maximum Gasteiger partial charge on any atom is 0.265 e. The van der Waals surface area contributed by atoms with Gasteiger partial charge in [0.15, 0.2) is 0 Å². The summed E-state index contributed by atoms with van der Waals surface area (Å²) in [4.78, 5) is 14.4. The summed E-state index contributed by atoms with van der Waals surface area (Å²) in [7, 11) is 0. The molecular weight excluding hydrogens is 310 g/mol. The molecule has 5 nitrogen and oxygen atoms in total. The van der Waals surface area contributed by atoms with E-state index in [0.29, 0.717) is 35.8 Å². The van der Waals surface area contributed by atoms with Crippen LogP contribution in [0.15, 0.2) is 18.2 Å². The monoisotopic (exact) mass is 324 g/mol. The van der Waals surface area contributed by atoms with Crippen LogP contribution in [0.4, 0.5) is 14.5 Å². The second kappa shape index (κ2) is 5.96. The van der Waals surface area contributed by atoms with Gasteiger partial charge in [0.2, 0.25) is 0 Å². The molecule has 0 bridgehead atoms. The Bertz CT molecular complexity index is 706. The summed E-state index contributed by atoms with van der Waals surface area (Å²) in [6.45, 7) is 2.82. The molecule has 22 heavy (non-hydrogen) atoms. The summed E-state index contributed by atoms with van der Waals surface area (Å²) in [6.07, 6.45) is 0.702. The van der Waals surface area contributed by atoms with Crippen LogP contribution in [0.5, 0.6) is 0 Å². The molecule has 1 aromatic carbocycles. The highest BCUT2D eigenvalue weighted by atomic mass is 32.1. The Balaban J connectivity index is 1.65. The van der Waals surface area contributed by atoms with Crippen LogP contribution in [0.3, 0.4) is 0 Å². The van der Waals surface area contributed by atoms with Gasteiger partial charge in [0, 0.05) is 25.2 Å². The molecule has 2 aromatic rings. The lowest BCUT2D eigenvalue weighted by Crippen LogP contribution is -2.37. The highest BCUT2D eigenvalue weighted by molar-refractivity contribution is 7.08. The zero-order valence-electron chi connectivity index (χ0n) is 11.8. The van der Waals surface area contributed by atoms with E-state index in [0.717, 1.165) is 17.6 Å². The Labute approximate surface area is 130 Å². The van der Waals surface area contributed by atoms with Gasteiger partial charge in [0.1, 0.15) is 16.5 Å². The number of nitrogens with one attached hydrogen (secondary N) is 1. The van der Waals surface area contributed by atoms with Crippen LogP contribution in [-0.4, -0.2) is 34.6 Å². The lowest BCUT2D eigenvalue weighted by molar-refractivity contribution is 0.0943. The first-order chi connectivity index (χ1) is 10.5. The van der Waals surface area contributed by atoms with Gasteiger partial charge in [-0.05, 0) is 37.0 Å². The highest BCUT2D eigenvalue weighted by Crippen LogP contribution is 2.24. The van der Waals surface area contributed by atoms with E-state index < -0.39 is 11.6 Å². The third-order valence-electron chi connectivity index (χ3n) is 3.63. The Morgan fingerprint density at radius 1 is 1.45 bits per heavy atom. The molecule has 1 saturated heterocycles. The van der Waals surface area contributed by atoms with Crippen molar-refractivity contribution in [3.63, 3.8) is 0 Å². The van der Waals surface area contributed by atoms with E-state index in [1.165, 1.54) is 12.1 Å². The minimum absolute atomic E-state index is 0.0848. The van der Waals surface area contributed by atoms with Crippen molar-refractivity contribution >= 4 is 23.1 Å². The van der Waals surface area contributed by atoms with Crippen LogP contribution in [0.25, 0.3) is 0 Å². The maximum atomic E-state index is 13.8. The van der Waals surface area contributed by atoms with E-state index in [1.807, 2.05) is 0 Å². The molecule has 0 spiro atoms. The number of nitrogens with zero attached hydrogens (tertiary/aromatic N) is 3. The number of anilines is 1. The predicted octanol–water partition coefficient (Wildman–Crippen LogP) is 2.13. The van der Waals surface area contributed by atoms with E-state index in [-0.39, 0.29) is 11.9 Å². The predicted molar refractivity (Wildman–Crippen MR) is 79.1 cm³/mol. The molecule has 1 fully saturated rings. The second-order valence-corrected chi connectivity index (χ2v) is 5.94. The van der Waals surface area contributed by atoms with Gasteiger partial charge in [-0.2, -0.15) is 0 Å². The van der Waals surface area contributed by atoms with Crippen LogP contribution in [-0.2, 0) is 0 Å². The van der Waals surface area contributed by atoms with E-state index in [1.54, 1.807) is 11.8 Å². The molecule has 0 saturated carbocycles. The molecule has 1 atom stereocenters. The average Bonchev–Trinajstić information content (AvgIpc) is 3.08. The molecule has 1 aromatic heterocycles. The van der Waals surface area contributed by atoms with E-state index >= 15 is 0 Å². The third kappa shape index (κ3) is 2.92. The van der Waals surface area contributed by atoms with Crippen molar-refractivity contribution < 1.29 is 13.6 Å². The molecule has 3 rings (SSSR count). The molecule has 1 N–H and O–H groups in total. The first-order valence-corrected chi connectivity index (χ1v) is 7.62. The zero-order chi connectivity index (χ0) is 15.7. The summed E-state index contributed by atoms with van der Waals surface area (Å²) in [5.41, 5.74) is 0.954. The number of halogens is 2. The Morgan fingerprint density at radius 2 is 2.27 bits per heavy atom. The molecular formula is C14H14F2N4OS. The maximum absolute atomic E-state index is 13.8. The minimum atomic E-state index is -0.599. The normalized spacial score (nSPS) is 17.8. The number of benzene rings is 1. The number of carbonyl (C=O) groups is 1. The quantitative estimate of drug-likeness (QED) is 0.940. The van der Waals surface area contributed by atoms with Gasteiger partial charge in [-0.1, -0.05) is 4.49 Å². The zero-order valence-corrected chi connectivity index (χ0v) is 12.7. The first-order valence-electron chi connectivity index (χ1n) is 6.84. The van der Waals surface area contributed by atoms with Crippen molar-refractivity contribution in [2.45, 2.75) is 19.4 Å². The molecule has 0 unspecified atom stereocenters. The van der Waals surface area contributed by atoms with Crippen molar-refractivity contribution in [2.75, 3.05) is 18.0 Å². The van der Waals surface area contributed by atoms with Gasteiger partial charge in [-0.25, -0.2) is 8.78 Å². The Kier molecular flexibility index (Phi) is 4.02. The van der Waals surface area contributed by atoms with Gasteiger partial charge >= 0.3 is 0 Å². The standard InChI is InChI=1S/C14H14F2N4OS/c1-8-13(22-19-18-8)14(21)17-10-4-5-20(7-10)12-3-2-9(15)6-11(12)16/h2-3,6,10H,4-5,7H2,1H3,(H,17,21)/t10-/m0/s1. The number of rotatable bonds is 3. The van der Waals surface area contributed by atoms with Gasteiger partial charge in [0.25, 0.3) is 5.91 Å². The number of hydrogen-bond donors (Lipinski definition) is 1. The molecule has 8 heteroatoms. The number of aryl methyl sites for hydroxylation is 1. The van der Waals surface area contributed by atoms with E-state index in [4.69, 9.17) is 0 Å². The Hall–Kier alpha value is -2.09. The van der Waals surface area contributed by atoms with Crippen LogP contribution < -0.4 is 10.2 Å². The largest absolute Gasteiger partial charge is 0.367 e. The molecule has 1 aliphatic rings. The minimum Gasteiger partial charge on any atom is -0.367 e. The fraction of sp³-hybridized carbons (Fsp3) is 0.357. The second-order valence-electron chi connectivity index (χ2n) is 5.19. The average molecular weight is 324 g/mol.